The molecule has 1 aliphatic heterocycles. The highest BCUT2D eigenvalue weighted by Gasteiger charge is 2.27. The van der Waals surface area contributed by atoms with Gasteiger partial charge in [0.25, 0.3) is 0 Å². The lowest BCUT2D eigenvalue weighted by Gasteiger charge is -2.19. The summed E-state index contributed by atoms with van der Waals surface area (Å²) in [6.07, 6.45) is 4.10. The Labute approximate surface area is 97.6 Å². The van der Waals surface area contributed by atoms with Crippen molar-refractivity contribution in [2.24, 2.45) is 7.05 Å². The molecule has 1 fully saturated rings. The number of hydrogen-bond acceptors (Lipinski definition) is 3. The molecule has 1 saturated heterocycles. The van der Waals surface area contributed by atoms with Crippen molar-refractivity contribution in [2.45, 2.75) is 18.9 Å². The Morgan fingerprint density at radius 2 is 2.20 bits per heavy atom. The van der Waals surface area contributed by atoms with E-state index in [1.165, 1.54) is 12.8 Å². The lowest BCUT2D eigenvalue weighted by atomic mass is 10.2. The molecule has 1 aromatic heterocycles. The minimum Gasteiger partial charge on any atom is -0.328 e. The van der Waals surface area contributed by atoms with Crippen molar-refractivity contribution in [1.82, 2.24) is 14.5 Å². The summed E-state index contributed by atoms with van der Waals surface area (Å²) in [4.78, 5) is 6.47. The lowest BCUT2D eigenvalue weighted by molar-refractivity contribution is 0.289. The molecule has 1 aliphatic rings. The zero-order valence-corrected chi connectivity index (χ0v) is 10.2. The molecule has 0 aliphatic carbocycles. The summed E-state index contributed by atoms with van der Waals surface area (Å²) in [6, 6.07) is 2.13. The fourth-order valence-electron chi connectivity index (χ4n) is 1.93. The number of imidazole rings is 1. The van der Waals surface area contributed by atoms with E-state index < -0.39 is 0 Å². The summed E-state index contributed by atoms with van der Waals surface area (Å²) in [6.45, 7) is 2.00. The molecule has 1 atom stereocenters. The first-order valence-corrected chi connectivity index (χ1v) is 5.83. The average molecular weight is 269 g/mol. The molecule has 1 unspecified atom stereocenters. The van der Waals surface area contributed by atoms with Gasteiger partial charge in [0.1, 0.15) is 16.3 Å². The van der Waals surface area contributed by atoms with Crippen LogP contribution in [0.2, 0.25) is 0 Å². The summed E-state index contributed by atoms with van der Waals surface area (Å²) in [5.74, 6) is 0. The van der Waals surface area contributed by atoms with Gasteiger partial charge in [-0.3, -0.25) is 4.90 Å². The second kappa shape index (κ2) is 4.33. The van der Waals surface area contributed by atoms with E-state index in [9.17, 15) is 5.26 Å². The second-order valence-corrected chi connectivity index (χ2v) is 4.56. The van der Waals surface area contributed by atoms with E-state index in [2.05, 4.69) is 31.9 Å². The topological polar surface area (TPSA) is 44.9 Å². The van der Waals surface area contributed by atoms with Crippen LogP contribution in [0.1, 0.15) is 24.6 Å². The Bertz CT molecular complexity index is 387. The zero-order chi connectivity index (χ0) is 10.8. The highest BCUT2D eigenvalue weighted by Crippen LogP contribution is 2.28. The van der Waals surface area contributed by atoms with Gasteiger partial charge in [-0.1, -0.05) is 0 Å². The van der Waals surface area contributed by atoms with Crippen molar-refractivity contribution in [3.63, 3.8) is 0 Å². The van der Waals surface area contributed by atoms with Crippen molar-refractivity contribution in [3.05, 3.63) is 16.6 Å². The van der Waals surface area contributed by atoms with Crippen molar-refractivity contribution < 1.29 is 0 Å². The van der Waals surface area contributed by atoms with Gasteiger partial charge in [-0.05, 0) is 41.9 Å². The quantitative estimate of drug-likeness (QED) is 0.823. The van der Waals surface area contributed by atoms with Gasteiger partial charge in [-0.15, -0.1) is 0 Å². The van der Waals surface area contributed by atoms with Gasteiger partial charge in [0, 0.05) is 7.05 Å². The Kier molecular flexibility index (Phi) is 3.08. The Balaban J connectivity index is 2.27. The summed E-state index contributed by atoms with van der Waals surface area (Å²) in [5.41, 5.74) is 0.835. The van der Waals surface area contributed by atoms with Gasteiger partial charge in [-0.25, -0.2) is 4.98 Å². The number of rotatable bonds is 2. The smallest absolute Gasteiger partial charge is 0.143 e. The molecule has 0 aromatic carbocycles. The SMILES string of the molecule is Cn1cnc(C(C#N)N2CCCC2)c1Br. The molecule has 0 saturated carbocycles. The fraction of sp³-hybridized carbons (Fsp3) is 0.600. The number of aryl methyl sites for hydroxylation is 1. The first-order chi connectivity index (χ1) is 7.24. The maximum absolute atomic E-state index is 9.21. The molecule has 15 heavy (non-hydrogen) atoms. The number of halogens is 1. The van der Waals surface area contributed by atoms with Gasteiger partial charge in [0.05, 0.1) is 12.4 Å². The van der Waals surface area contributed by atoms with Crippen molar-refractivity contribution >= 4 is 15.9 Å². The molecule has 1 aromatic rings. The lowest BCUT2D eigenvalue weighted by Crippen LogP contribution is -2.25. The molecule has 5 heteroatoms. The Morgan fingerprint density at radius 1 is 1.53 bits per heavy atom. The number of aromatic nitrogens is 2. The van der Waals surface area contributed by atoms with E-state index in [1.807, 2.05) is 11.6 Å². The maximum Gasteiger partial charge on any atom is 0.143 e. The van der Waals surface area contributed by atoms with Crippen LogP contribution in [-0.4, -0.2) is 27.5 Å². The van der Waals surface area contributed by atoms with Crippen LogP contribution in [0, 0.1) is 11.3 Å². The van der Waals surface area contributed by atoms with Crippen LogP contribution in [-0.2, 0) is 7.05 Å². The molecule has 2 heterocycles. The highest BCUT2D eigenvalue weighted by molar-refractivity contribution is 9.10. The number of nitrogens with zero attached hydrogens (tertiary/aromatic N) is 4. The molecule has 0 bridgehead atoms. The largest absolute Gasteiger partial charge is 0.328 e. The van der Waals surface area contributed by atoms with Crippen LogP contribution in [0.15, 0.2) is 10.9 Å². The third-order valence-electron chi connectivity index (χ3n) is 2.78. The number of hydrogen-bond donors (Lipinski definition) is 0. The highest BCUT2D eigenvalue weighted by atomic mass is 79.9. The minimum atomic E-state index is -0.205. The number of likely N-dealkylation sites (tertiary alicyclic amines) is 1. The van der Waals surface area contributed by atoms with Crippen LogP contribution in [0.3, 0.4) is 0 Å². The summed E-state index contributed by atoms with van der Waals surface area (Å²) in [7, 11) is 1.92. The van der Waals surface area contributed by atoms with E-state index in [0.717, 1.165) is 23.4 Å². The van der Waals surface area contributed by atoms with Crippen LogP contribution < -0.4 is 0 Å². The summed E-state index contributed by atoms with van der Waals surface area (Å²) < 4.78 is 2.79. The summed E-state index contributed by atoms with van der Waals surface area (Å²) in [5, 5.41) is 9.21. The van der Waals surface area contributed by atoms with Crippen molar-refractivity contribution in [3.8, 4) is 6.07 Å². The second-order valence-electron chi connectivity index (χ2n) is 3.81. The monoisotopic (exact) mass is 268 g/mol. The van der Waals surface area contributed by atoms with Crippen molar-refractivity contribution in [1.29, 1.82) is 5.26 Å². The summed E-state index contributed by atoms with van der Waals surface area (Å²) >= 11 is 3.46. The van der Waals surface area contributed by atoms with Gasteiger partial charge < -0.3 is 4.57 Å². The standard InChI is InChI=1S/C10H13BrN4/c1-14-7-13-9(10(14)11)8(6-12)15-4-2-3-5-15/h7-8H,2-5H2,1H3. The average Bonchev–Trinajstić information content (AvgIpc) is 2.84. The maximum atomic E-state index is 9.21. The van der Waals surface area contributed by atoms with Crippen LogP contribution >= 0.6 is 15.9 Å². The molecule has 0 amide bonds. The minimum absolute atomic E-state index is 0.205. The van der Waals surface area contributed by atoms with Crippen LogP contribution in [0.25, 0.3) is 0 Å². The van der Waals surface area contributed by atoms with Gasteiger partial charge in [0.2, 0.25) is 0 Å². The van der Waals surface area contributed by atoms with Gasteiger partial charge in [-0.2, -0.15) is 5.26 Å². The molecule has 0 N–H and O–H groups in total. The molecule has 2 rings (SSSR count). The van der Waals surface area contributed by atoms with E-state index in [1.54, 1.807) is 6.33 Å². The first kappa shape index (κ1) is 10.7. The van der Waals surface area contributed by atoms with E-state index in [4.69, 9.17) is 0 Å². The third-order valence-corrected chi connectivity index (χ3v) is 3.74. The Morgan fingerprint density at radius 3 is 2.67 bits per heavy atom. The molecule has 80 valence electrons. The first-order valence-electron chi connectivity index (χ1n) is 5.04. The molecule has 4 nitrogen and oxygen atoms in total. The Hall–Kier alpha value is -0.860. The molecular formula is C10H13BrN4. The zero-order valence-electron chi connectivity index (χ0n) is 8.65. The van der Waals surface area contributed by atoms with E-state index in [-0.39, 0.29) is 6.04 Å². The number of nitriles is 1. The van der Waals surface area contributed by atoms with Gasteiger partial charge in [0.15, 0.2) is 0 Å². The fourth-order valence-corrected chi connectivity index (χ4v) is 2.34. The normalized spacial score (nSPS) is 19.0. The predicted octanol–water partition coefficient (Wildman–Crippen LogP) is 1.84. The predicted molar refractivity (Wildman–Crippen MR) is 60.1 cm³/mol. The third kappa shape index (κ3) is 1.92. The molecule has 0 radical (unpaired) electrons. The molecule has 0 spiro atoms. The van der Waals surface area contributed by atoms with Gasteiger partial charge >= 0.3 is 0 Å². The van der Waals surface area contributed by atoms with Crippen molar-refractivity contribution in [2.75, 3.05) is 13.1 Å². The van der Waals surface area contributed by atoms with E-state index >= 15 is 0 Å². The molecular weight excluding hydrogens is 256 g/mol. The van der Waals surface area contributed by atoms with Crippen LogP contribution in [0.5, 0.6) is 0 Å². The van der Waals surface area contributed by atoms with Crippen LogP contribution in [0.4, 0.5) is 0 Å². The van der Waals surface area contributed by atoms with E-state index in [0.29, 0.717) is 0 Å².